The van der Waals surface area contributed by atoms with Crippen LogP contribution in [-0.2, 0) is 17.8 Å². The monoisotopic (exact) mass is 591 g/mol. The maximum absolute atomic E-state index is 13.1. The Morgan fingerprint density at radius 1 is 1.29 bits per heavy atom. The molecule has 0 saturated carbocycles. The molecule has 1 saturated heterocycles. The molecule has 5 heterocycles. The Morgan fingerprint density at radius 3 is 2.85 bits per heavy atom. The van der Waals surface area contributed by atoms with Crippen molar-refractivity contribution < 1.29 is 4.55 Å². The number of piperidine rings is 1. The molecule has 0 radical (unpaired) electrons. The number of pyridine rings is 1. The minimum Gasteiger partial charge on any atom is -0.598 e. The molecule has 6 rings (SSSR count). The van der Waals surface area contributed by atoms with Gasteiger partial charge in [-0.25, -0.2) is 0 Å². The first-order chi connectivity index (χ1) is 16.3. The molecule has 4 aromatic heterocycles. The molecule has 1 fully saturated rings. The first-order valence-electron chi connectivity index (χ1n) is 11.4. The highest BCUT2D eigenvalue weighted by atomic mass is 127. The molecule has 178 valence electrons. The number of hydrogen-bond donors (Lipinski definition) is 2. The van der Waals surface area contributed by atoms with Crippen LogP contribution in [0.4, 0.5) is 5.95 Å². The van der Waals surface area contributed by atoms with Gasteiger partial charge in [-0.3, -0.25) is 14.5 Å². The quantitative estimate of drug-likeness (QED) is 0.276. The maximum Gasteiger partial charge on any atom is 0.214 e. The minimum absolute atomic E-state index is 0.0108. The summed E-state index contributed by atoms with van der Waals surface area (Å²) in [4.78, 5) is 11.8. The topological polar surface area (TPSA) is 123 Å². The van der Waals surface area contributed by atoms with Crippen molar-refractivity contribution in [3.63, 3.8) is 0 Å². The van der Waals surface area contributed by atoms with Gasteiger partial charge in [-0.2, -0.15) is 10.1 Å². The molecule has 12 heteroatoms. The molecule has 2 aliphatic rings. The van der Waals surface area contributed by atoms with Crippen LogP contribution in [0.2, 0.25) is 0 Å². The third kappa shape index (κ3) is 3.48. The molecule has 0 bridgehead atoms. The van der Waals surface area contributed by atoms with Crippen LogP contribution >= 0.6 is 22.6 Å². The molecule has 1 unspecified atom stereocenters. The molecule has 10 nitrogen and oxygen atoms in total. The Hall–Kier alpha value is -2.03. The van der Waals surface area contributed by atoms with E-state index in [-0.39, 0.29) is 16.2 Å². The van der Waals surface area contributed by atoms with Crippen LogP contribution in [0, 0.1) is 9.12 Å². The van der Waals surface area contributed by atoms with Gasteiger partial charge in [0.25, 0.3) is 0 Å². The molecule has 1 spiro atoms. The lowest BCUT2D eigenvalue weighted by atomic mass is 9.73. The number of nitrogens with one attached hydrogen (secondary N) is 2. The summed E-state index contributed by atoms with van der Waals surface area (Å²) in [5.41, 5.74) is 3.67. The van der Waals surface area contributed by atoms with E-state index in [0.717, 1.165) is 58.7 Å². The summed E-state index contributed by atoms with van der Waals surface area (Å²) in [5, 5.41) is 16.7. The van der Waals surface area contributed by atoms with E-state index in [1.165, 1.54) is 5.56 Å². The number of aromatic amines is 1. The average molecular weight is 591 g/mol. The van der Waals surface area contributed by atoms with Crippen molar-refractivity contribution in [2.75, 3.05) is 18.0 Å². The van der Waals surface area contributed by atoms with Crippen LogP contribution in [0.25, 0.3) is 16.7 Å². The van der Waals surface area contributed by atoms with Gasteiger partial charge in [0.05, 0.1) is 11.4 Å². The van der Waals surface area contributed by atoms with Crippen LogP contribution in [0.1, 0.15) is 50.9 Å². The Labute approximate surface area is 213 Å². The van der Waals surface area contributed by atoms with Gasteiger partial charge in [0.15, 0.2) is 11.3 Å². The Balaban J connectivity index is 1.32. The number of aromatic nitrogens is 7. The molecule has 0 aromatic carbocycles. The fraction of sp³-hybridized carbons (Fsp3) is 0.500. The van der Waals surface area contributed by atoms with E-state index in [0.29, 0.717) is 5.65 Å². The van der Waals surface area contributed by atoms with Crippen LogP contribution in [-0.4, -0.2) is 57.2 Å². The largest absolute Gasteiger partial charge is 0.598 e. The fourth-order valence-electron chi connectivity index (χ4n) is 5.23. The summed E-state index contributed by atoms with van der Waals surface area (Å²) in [7, 11) is 0. The molecule has 2 atom stereocenters. The molecular formula is C22H26IN9OS. The van der Waals surface area contributed by atoms with Gasteiger partial charge in [0.1, 0.15) is 14.8 Å². The third-order valence-corrected chi connectivity index (χ3v) is 9.43. The summed E-state index contributed by atoms with van der Waals surface area (Å²) in [6.45, 7) is 7.66. The first kappa shape index (κ1) is 22.4. The van der Waals surface area contributed by atoms with Crippen LogP contribution < -0.4 is 9.62 Å². The van der Waals surface area contributed by atoms with E-state index >= 15 is 0 Å². The summed E-state index contributed by atoms with van der Waals surface area (Å²) in [6, 6.07) is 4.13. The highest BCUT2D eigenvalue weighted by Crippen LogP contribution is 2.52. The molecule has 1 aliphatic carbocycles. The molecule has 4 aromatic rings. The Morgan fingerprint density at radius 2 is 2.09 bits per heavy atom. The summed E-state index contributed by atoms with van der Waals surface area (Å²) in [6.07, 6.45) is 6.34. The average Bonchev–Trinajstić information content (AvgIpc) is 3.50. The van der Waals surface area contributed by atoms with Gasteiger partial charge in [0.2, 0.25) is 5.95 Å². The number of H-pyrrole nitrogens is 1. The maximum atomic E-state index is 13.1. The van der Waals surface area contributed by atoms with E-state index in [1.54, 1.807) is 6.33 Å². The fourth-order valence-corrected chi connectivity index (χ4v) is 6.78. The minimum atomic E-state index is -1.17. The molecule has 2 N–H and O–H groups in total. The van der Waals surface area contributed by atoms with Crippen molar-refractivity contribution in [3.8, 4) is 0 Å². The van der Waals surface area contributed by atoms with Gasteiger partial charge in [-0.1, -0.05) is 6.07 Å². The normalized spacial score (nSPS) is 21.0. The summed E-state index contributed by atoms with van der Waals surface area (Å²) >= 11 is 1.04. The smallest absolute Gasteiger partial charge is 0.214 e. The second-order valence-corrected chi connectivity index (χ2v) is 13.2. The highest BCUT2D eigenvalue weighted by molar-refractivity contribution is 14.1. The van der Waals surface area contributed by atoms with Crippen molar-refractivity contribution in [1.29, 1.82) is 0 Å². The van der Waals surface area contributed by atoms with E-state index in [1.807, 2.05) is 37.4 Å². The van der Waals surface area contributed by atoms with E-state index in [4.69, 9.17) is 4.98 Å². The van der Waals surface area contributed by atoms with E-state index < -0.39 is 11.4 Å². The number of hydrogen-bond acceptors (Lipinski definition) is 8. The SMILES string of the molecule is CC(C)(C)[S+]([O-])N[C@@H]1c2cccnc2CC12CCN(c1nc3n[nH]c(I)c3c3nncn13)CC2. The molecule has 34 heavy (non-hydrogen) atoms. The Bertz CT molecular complexity index is 1370. The number of halogens is 1. The second kappa shape index (κ2) is 8.00. The lowest BCUT2D eigenvalue weighted by molar-refractivity contribution is 0.175. The third-order valence-electron chi connectivity index (χ3n) is 7.09. The van der Waals surface area contributed by atoms with Gasteiger partial charge >= 0.3 is 0 Å². The Kier molecular flexibility index (Phi) is 5.28. The molecule has 1 aliphatic heterocycles. The predicted molar refractivity (Wildman–Crippen MR) is 139 cm³/mol. The zero-order valence-electron chi connectivity index (χ0n) is 19.2. The second-order valence-electron chi connectivity index (χ2n) is 10.2. The van der Waals surface area contributed by atoms with Gasteiger partial charge in [-0.05, 0) is 74.3 Å². The van der Waals surface area contributed by atoms with Gasteiger partial charge < -0.3 is 9.45 Å². The number of rotatable bonds is 3. The standard InChI is InChI=1S/C22H26IN9OS/c1-21(2,3)34(33)30-16-13-5-4-8-24-14(13)11-22(16)6-9-31(10-7-22)20-26-18-15(17(23)27-28-18)19-29-25-12-32(19)20/h4-5,8,12,16,30H,6-7,9-11H2,1-3H3,(H,27,28)/t16-,34?/m1/s1. The first-order valence-corrected chi connectivity index (χ1v) is 13.6. The van der Waals surface area contributed by atoms with Crippen molar-refractivity contribution in [3.05, 3.63) is 39.6 Å². The number of fused-ring (bicyclic) bond motifs is 4. The highest BCUT2D eigenvalue weighted by Gasteiger charge is 2.51. The van der Waals surface area contributed by atoms with Gasteiger partial charge in [-0.15, -0.1) is 14.9 Å². The lowest BCUT2D eigenvalue weighted by Crippen LogP contribution is -2.50. The van der Waals surface area contributed by atoms with Crippen molar-refractivity contribution >= 4 is 56.6 Å². The summed E-state index contributed by atoms with van der Waals surface area (Å²) < 4.78 is 19.1. The zero-order chi connectivity index (χ0) is 23.7. The van der Waals surface area contributed by atoms with E-state index in [2.05, 4.69) is 63.7 Å². The van der Waals surface area contributed by atoms with Crippen LogP contribution in [0.15, 0.2) is 24.7 Å². The summed E-state index contributed by atoms with van der Waals surface area (Å²) in [5.74, 6) is 0.807. The zero-order valence-corrected chi connectivity index (χ0v) is 22.2. The number of nitrogens with zero attached hydrogens (tertiary/aromatic N) is 7. The molecular weight excluding hydrogens is 565 g/mol. The van der Waals surface area contributed by atoms with E-state index in [9.17, 15) is 4.55 Å². The lowest BCUT2D eigenvalue weighted by Gasteiger charge is -2.44. The van der Waals surface area contributed by atoms with Crippen LogP contribution in [0.5, 0.6) is 0 Å². The van der Waals surface area contributed by atoms with Gasteiger partial charge in [0, 0.05) is 41.8 Å². The van der Waals surface area contributed by atoms with Crippen molar-refractivity contribution in [1.82, 2.24) is 39.5 Å². The predicted octanol–water partition coefficient (Wildman–Crippen LogP) is 2.94. The van der Waals surface area contributed by atoms with Crippen molar-refractivity contribution in [2.45, 2.75) is 50.8 Å². The van der Waals surface area contributed by atoms with Crippen LogP contribution in [0.3, 0.4) is 0 Å². The number of anilines is 1. The van der Waals surface area contributed by atoms with Crippen molar-refractivity contribution in [2.24, 2.45) is 5.41 Å². The molecule has 0 amide bonds.